The summed E-state index contributed by atoms with van der Waals surface area (Å²) in [6, 6.07) is 10.0. The molecule has 0 amide bonds. The minimum absolute atomic E-state index is 0.0959. The molecule has 9 nitrogen and oxygen atoms in total. The molecule has 2 aromatic heterocycles. The Morgan fingerprint density at radius 2 is 1.78 bits per heavy atom. The Morgan fingerprint density at radius 3 is 2.34 bits per heavy atom. The topological polar surface area (TPSA) is 116 Å². The van der Waals surface area contributed by atoms with Crippen LogP contribution in [0.3, 0.4) is 0 Å². The third-order valence-corrected chi connectivity index (χ3v) is 7.85. The van der Waals surface area contributed by atoms with E-state index in [1.54, 1.807) is 44.2 Å². The minimum atomic E-state index is -4.02. The zero-order valence-corrected chi connectivity index (χ0v) is 20.5. The van der Waals surface area contributed by atoms with Gasteiger partial charge in [0.05, 0.1) is 17.7 Å². The lowest BCUT2D eigenvalue weighted by molar-refractivity contribution is 0.156. The molecule has 3 rings (SSSR count). The predicted octanol–water partition coefficient (Wildman–Crippen LogP) is 3.69. The highest BCUT2D eigenvalue weighted by molar-refractivity contribution is 7.93. The van der Waals surface area contributed by atoms with Crippen LogP contribution in [0.15, 0.2) is 45.8 Å². The molecule has 12 heteroatoms. The Bertz CT molecular complexity index is 1280. The molecular formula is C20H24N2O7S3. The summed E-state index contributed by atoms with van der Waals surface area (Å²) in [6.45, 7) is 5.30. The first-order chi connectivity index (χ1) is 15.0. The van der Waals surface area contributed by atoms with E-state index in [9.17, 15) is 16.8 Å². The SMILES string of the molecule is CCOCN(c1cc(C)on1)S(=O)(=O)c1cc(C)sc1-c1ccc(COS(C)(=O)=O)cc1. The number of aromatic nitrogens is 1. The zero-order valence-electron chi connectivity index (χ0n) is 18.1. The smallest absolute Gasteiger partial charge is 0.269 e. The Morgan fingerprint density at radius 1 is 1.09 bits per heavy atom. The lowest BCUT2D eigenvalue weighted by atomic mass is 10.1. The average molecular weight is 501 g/mol. The molecule has 0 unspecified atom stereocenters. The number of sulfonamides is 1. The standard InChI is InChI=1S/C20H24N2O7S3/c1-5-27-13-22(19-10-14(2)29-21-19)32(25,26)18-11-15(3)30-20(18)17-8-6-16(7-9-17)12-28-31(4,23)24/h6-11H,5,12-13H2,1-4H3. The van der Waals surface area contributed by atoms with Crippen LogP contribution in [-0.4, -0.2) is 41.6 Å². The van der Waals surface area contributed by atoms with E-state index in [0.717, 1.165) is 15.4 Å². The molecule has 0 atom stereocenters. The summed E-state index contributed by atoms with van der Waals surface area (Å²) in [5.41, 5.74) is 1.32. The van der Waals surface area contributed by atoms with Crippen LogP contribution in [0.2, 0.25) is 0 Å². The fraction of sp³-hybridized carbons (Fsp3) is 0.350. The summed E-state index contributed by atoms with van der Waals surface area (Å²) in [5.74, 6) is 0.615. The number of anilines is 1. The summed E-state index contributed by atoms with van der Waals surface area (Å²) < 4.78 is 66.0. The van der Waals surface area contributed by atoms with Crippen molar-refractivity contribution < 1.29 is 30.3 Å². The third-order valence-electron chi connectivity index (χ3n) is 4.33. The van der Waals surface area contributed by atoms with Crippen molar-refractivity contribution in [1.82, 2.24) is 5.16 Å². The Labute approximate surface area is 191 Å². The van der Waals surface area contributed by atoms with E-state index >= 15 is 0 Å². The van der Waals surface area contributed by atoms with Gasteiger partial charge in [-0.1, -0.05) is 29.4 Å². The fourth-order valence-electron chi connectivity index (χ4n) is 2.83. The number of rotatable bonds is 10. The van der Waals surface area contributed by atoms with Crippen LogP contribution in [0.1, 0.15) is 23.1 Å². The number of thiophene rings is 1. The average Bonchev–Trinajstić information content (AvgIpc) is 3.32. The second-order valence-corrected chi connectivity index (χ2v) is 11.7. The van der Waals surface area contributed by atoms with Crippen molar-refractivity contribution in [2.24, 2.45) is 0 Å². The molecule has 0 aliphatic carbocycles. The van der Waals surface area contributed by atoms with Crippen LogP contribution in [0, 0.1) is 13.8 Å². The van der Waals surface area contributed by atoms with Gasteiger partial charge >= 0.3 is 0 Å². The van der Waals surface area contributed by atoms with Crippen LogP contribution in [0.4, 0.5) is 5.82 Å². The predicted molar refractivity (Wildman–Crippen MR) is 122 cm³/mol. The molecule has 0 fully saturated rings. The van der Waals surface area contributed by atoms with Crippen molar-refractivity contribution in [3.63, 3.8) is 0 Å². The first kappa shape index (κ1) is 24.4. The first-order valence-electron chi connectivity index (χ1n) is 9.59. The highest BCUT2D eigenvalue weighted by Crippen LogP contribution is 2.38. The molecular weight excluding hydrogens is 476 g/mol. The van der Waals surface area contributed by atoms with E-state index in [-0.39, 0.29) is 24.1 Å². The number of hydrogen-bond donors (Lipinski definition) is 0. The van der Waals surface area contributed by atoms with Crippen molar-refractivity contribution in [3.8, 4) is 10.4 Å². The molecule has 0 aliphatic rings. The van der Waals surface area contributed by atoms with Gasteiger partial charge in [0.15, 0.2) is 5.82 Å². The minimum Gasteiger partial charge on any atom is -0.360 e. The molecule has 174 valence electrons. The van der Waals surface area contributed by atoms with E-state index < -0.39 is 20.1 Å². The van der Waals surface area contributed by atoms with E-state index in [2.05, 4.69) is 5.16 Å². The van der Waals surface area contributed by atoms with E-state index in [1.165, 1.54) is 17.4 Å². The molecule has 0 saturated heterocycles. The van der Waals surface area contributed by atoms with Gasteiger partial charge < -0.3 is 9.26 Å². The quantitative estimate of drug-likeness (QED) is 0.306. The maximum absolute atomic E-state index is 13.6. The lowest BCUT2D eigenvalue weighted by Gasteiger charge is -2.21. The summed E-state index contributed by atoms with van der Waals surface area (Å²) in [7, 11) is -7.58. The normalized spacial score (nSPS) is 12.2. The van der Waals surface area contributed by atoms with Gasteiger partial charge in [-0.25, -0.2) is 12.7 Å². The molecule has 0 spiro atoms. The van der Waals surface area contributed by atoms with Gasteiger partial charge in [0.1, 0.15) is 17.4 Å². The monoisotopic (exact) mass is 500 g/mol. The number of aryl methyl sites for hydroxylation is 2. The van der Waals surface area contributed by atoms with E-state index in [0.29, 0.717) is 28.4 Å². The fourth-order valence-corrected chi connectivity index (χ4v) is 6.07. The van der Waals surface area contributed by atoms with Crippen molar-refractivity contribution in [1.29, 1.82) is 0 Å². The maximum Gasteiger partial charge on any atom is 0.269 e. The largest absolute Gasteiger partial charge is 0.360 e. The van der Waals surface area contributed by atoms with Gasteiger partial charge in [-0.15, -0.1) is 11.3 Å². The molecule has 0 bridgehead atoms. The van der Waals surface area contributed by atoms with Gasteiger partial charge in [0.25, 0.3) is 20.1 Å². The van der Waals surface area contributed by atoms with Gasteiger partial charge in [-0.05, 0) is 38.0 Å². The van der Waals surface area contributed by atoms with E-state index in [1.807, 2.05) is 6.92 Å². The van der Waals surface area contributed by atoms with Gasteiger partial charge in [0, 0.05) is 17.6 Å². The lowest BCUT2D eigenvalue weighted by Crippen LogP contribution is -2.33. The molecule has 0 saturated carbocycles. The molecule has 3 aromatic rings. The van der Waals surface area contributed by atoms with E-state index in [4.69, 9.17) is 13.4 Å². The molecule has 0 radical (unpaired) electrons. The van der Waals surface area contributed by atoms with Crippen LogP contribution in [-0.2, 0) is 35.7 Å². The number of nitrogens with zero attached hydrogens (tertiary/aromatic N) is 2. The van der Waals surface area contributed by atoms with Crippen molar-refractivity contribution in [2.45, 2.75) is 32.3 Å². The molecule has 0 aliphatic heterocycles. The van der Waals surface area contributed by atoms with Gasteiger partial charge in [-0.3, -0.25) is 4.18 Å². The van der Waals surface area contributed by atoms with Crippen molar-refractivity contribution >= 4 is 37.3 Å². The Balaban J connectivity index is 1.98. The highest BCUT2D eigenvalue weighted by atomic mass is 32.2. The molecule has 32 heavy (non-hydrogen) atoms. The second-order valence-electron chi connectivity index (χ2n) is 6.98. The third kappa shape index (κ3) is 5.75. The second kappa shape index (κ2) is 9.71. The number of hydrogen-bond acceptors (Lipinski definition) is 9. The molecule has 0 N–H and O–H groups in total. The van der Waals surface area contributed by atoms with Crippen LogP contribution >= 0.6 is 11.3 Å². The van der Waals surface area contributed by atoms with Crippen molar-refractivity contribution in [2.75, 3.05) is 23.9 Å². The van der Waals surface area contributed by atoms with Crippen molar-refractivity contribution in [3.05, 3.63) is 52.6 Å². The number of ether oxygens (including phenoxy) is 1. The zero-order chi connectivity index (χ0) is 23.5. The number of benzene rings is 1. The summed E-state index contributed by atoms with van der Waals surface area (Å²) in [5, 5.41) is 3.85. The van der Waals surface area contributed by atoms with Gasteiger partial charge in [-0.2, -0.15) is 8.42 Å². The Hall–Kier alpha value is -2.25. The maximum atomic E-state index is 13.6. The molecule has 1 aromatic carbocycles. The first-order valence-corrected chi connectivity index (χ1v) is 13.7. The van der Waals surface area contributed by atoms with Crippen LogP contribution in [0.5, 0.6) is 0 Å². The van der Waals surface area contributed by atoms with Gasteiger partial charge in [0.2, 0.25) is 0 Å². The Kier molecular flexibility index (Phi) is 7.40. The summed E-state index contributed by atoms with van der Waals surface area (Å²) in [4.78, 5) is 1.50. The summed E-state index contributed by atoms with van der Waals surface area (Å²) >= 11 is 1.34. The summed E-state index contributed by atoms with van der Waals surface area (Å²) in [6.07, 6.45) is 0.983. The molecule has 2 heterocycles. The highest BCUT2D eigenvalue weighted by Gasteiger charge is 2.31. The van der Waals surface area contributed by atoms with Crippen LogP contribution in [0.25, 0.3) is 10.4 Å². The van der Waals surface area contributed by atoms with Crippen LogP contribution < -0.4 is 4.31 Å².